The Hall–Kier alpha value is -3.54. The van der Waals surface area contributed by atoms with Gasteiger partial charge in [0.1, 0.15) is 0 Å². The molecule has 0 radical (unpaired) electrons. The van der Waals surface area contributed by atoms with E-state index in [2.05, 4.69) is 12.2 Å². The predicted molar refractivity (Wildman–Crippen MR) is 124 cm³/mol. The van der Waals surface area contributed by atoms with E-state index >= 15 is 0 Å². The van der Waals surface area contributed by atoms with Gasteiger partial charge in [0.25, 0.3) is 0 Å². The second-order valence-electron chi connectivity index (χ2n) is 10.0. The minimum atomic E-state index is -0.728. The fraction of sp³-hybridized carbons (Fsp3) is 0.357. The lowest BCUT2D eigenvalue weighted by atomic mass is 9.63. The Bertz CT molecular complexity index is 1260. The Morgan fingerprint density at radius 2 is 1.56 bits per heavy atom. The van der Waals surface area contributed by atoms with E-state index in [0.717, 1.165) is 17.5 Å². The Kier molecular flexibility index (Phi) is 4.63. The van der Waals surface area contributed by atoms with Crippen molar-refractivity contribution in [2.45, 2.75) is 20.3 Å². The van der Waals surface area contributed by atoms with E-state index in [1.807, 2.05) is 26.0 Å². The number of carbonyl (C=O) groups is 4. The monoisotopic (exact) mass is 455 g/mol. The van der Waals surface area contributed by atoms with Crippen molar-refractivity contribution in [3.05, 3.63) is 76.9 Å². The molecule has 1 heterocycles. The molecule has 1 saturated heterocycles. The molecule has 34 heavy (non-hydrogen) atoms. The molecular weight excluding hydrogens is 430 g/mol. The largest absolute Gasteiger partial charge is 0.454 e. The van der Waals surface area contributed by atoms with Crippen LogP contribution in [0.25, 0.3) is 0 Å². The van der Waals surface area contributed by atoms with Gasteiger partial charge >= 0.3 is 5.97 Å². The molecule has 6 heteroatoms. The third kappa shape index (κ3) is 3.01. The van der Waals surface area contributed by atoms with Crippen molar-refractivity contribution >= 4 is 29.3 Å². The van der Waals surface area contributed by atoms with Gasteiger partial charge in [0.15, 0.2) is 6.61 Å². The number of para-hydroxylation sites is 1. The van der Waals surface area contributed by atoms with Crippen molar-refractivity contribution in [2.24, 2.45) is 35.5 Å². The van der Waals surface area contributed by atoms with E-state index in [1.54, 1.807) is 24.3 Å². The number of esters is 1. The maximum atomic E-state index is 13.5. The normalized spacial score (nSPS) is 30.2. The van der Waals surface area contributed by atoms with Crippen molar-refractivity contribution in [1.29, 1.82) is 0 Å². The van der Waals surface area contributed by atoms with Crippen molar-refractivity contribution in [3.63, 3.8) is 0 Å². The van der Waals surface area contributed by atoms with Crippen molar-refractivity contribution < 1.29 is 23.9 Å². The standard InChI is InChI=1S/C28H25NO5/c1-14-7-8-15(2)19(11-14)23(30)13-34-28(33)18-5-3-4-6-22(18)29-26(31)24-16-9-10-17(21-12-20(16)21)25(24)27(29)32/h3-11,16-17,20-21,24-25H,12-13H2,1-2H3/t16-,17-,20-,21+,24+,25+/m0/s1. The Balaban J connectivity index is 1.24. The topological polar surface area (TPSA) is 80.8 Å². The van der Waals surface area contributed by atoms with Crippen LogP contribution in [-0.4, -0.2) is 30.2 Å². The van der Waals surface area contributed by atoms with Crippen LogP contribution in [0.5, 0.6) is 0 Å². The van der Waals surface area contributed by atoms with Gasteiger partial charge in [-0.05, 0) is 67.7 Å². The fourth-order valence-electron chi connectivity index (χ4n) is 6.36. The number of carbonyl (C=O) groups excluding carboxylic acids is 4. The van der Waals surface area contributed by atoms with Gasteiger partial charge in [0, 0.05) is 5.56 Å². The van der Waals surface area contributed by atoms with Gasteiger partial charge in [-0.1, -0.05) is 42.0 Å². The highest BCUT2D eigenvalue weighted by atomic mass is 16.5. The minimum Gasteiger partial charge on any atom is -0.454 e. The number of imide groups is 1. The molecule has 2 aromatic carbocycles. The lowest BCUT2D eigenvalue weighted by Crippen LogP contribution is -2.40. The van der Waals surface area contributed by atoms with Gasteiger partial charge in [-0.15, -0.1) is 0 Å². The summed E-state index contributed by atoms with van der Waals surface area (Å²) in [6, 6.07) is 12.0. The molecular formula is C28H25NO5. The quantitative estimate of drug-likeness (QED) is 0.296. The van der Waals surface area contributed by atoms with E-state index < -0.39 is 12.6 Å². The predicted octanol–water partition coefficient (Wildman–Crippen LogP) is 3.90. The number of rotatable bonds is 5. The number of hydrogen-bond donors (Lipinski definition) is 0. The van der Waals surface area contributed by atoms with E-state index in [1.165, 1.54) is 11.0 Å². The van der Waals surface area contributed by atoms with Gasteiger partial charge < -0.3 is 4.74 Å². The maximum Gasteiger partial charge on any atom is 0.340 e. The van der Waals surface area contributed by atoms with Crippen LogP contribution in [0.3, 0.4) is 0 Å². The first-order valence-corrected chi connectivity index (χ1v) is 11.8. The number of amides is 2. The summed E-state index contributed by atoms with van der Waals surface area (Å²) in [6.45, 7) is 3.31. The zero-order valence-electron chi connectivity index (χ0n) is 19.1. The fourth-order valence-corrected chi connectivity index (χ4v) is 6.36. The third-order valence-corrected chi connectivity index (χ3v) is 8.06. The lowest BCUT2D eigenvalue weighted by molar-refractivity contribution is -0.124. The molecule has 4 aliphatic carbocycles. The van der Waals surface area contributed by atoms with Crippen LogP contribution in [0.1, 0.15) is 38.3 Å². The first kappa shape index (κ1) is 21.0. The van der Waals surface area contributed by atoms with Crippen LogP contribution in [0.4, 0.5) is 5.69 Å². The van der Waals surface area contributed by atoms with Crippen molar-refractivity contribution in [1.82, 2.24) is 0 Å². The number of aryl methyl sites for hydroxylation is 2. The maximum absolute atomic E-state index is 13.5. The molecule has 0 N–H and O–H groups in total. The SMILES string of the molecule is Cc1ccc(C)c(C(=O)COC(=O)c2ccccc2N2C(=O)[C@@H]3[C@H]4C=C[C@@H]([C@@H]5C[C@H]45)[C@H]3C2=O)c1. The molecule has 5 aliphatic rings. The van der Waals surface area contributed by atoms with Crippen LogP contribution in [0.15, 0.2) is 54.6 Å². The summed E-state index contributed by atoms with van der Waals surface area (Å²) in [5, 5.41) is 0. The Morgan fingerprint density at radius 1 is 0.912 bits per heavy atom. The van der Waals surface area contributed by atoms with Gasteiger partial charge in [0.05, 0.1) is 23.1 Å². The molecule has 2 saturated carbocycles. The van der Waals surface area contributed by atoms with Crippen LogP contribution >= 0.6 is 0 Å². The molecule has 2 amide bonds. The van der Waals surface area contributed by atoms with Crippen LogP contribution in [-0.2, 0) is 14.3 Å². The molecule has 0 aromatic heterocycles. The zero-order valence-corrected chi connectivity index (χ0v) is 19.1. The molecule has 7 rings (SSSR count). The summed E-state index contributed by atoms with van der Waals surface area (Å²) in [4.78, 5) is 53.8. The number of allylic oxidation sites excluding steroid dienone is 2. The number of hydrogen-bond acceptors (Lipinski definition) is 5. The number of ketones is 1. The summed E-state index contributed by atoms with van der Waals surface area (Å²) in [7, 11) is 0. The molecule has 2 bridgehead atoms. The van der Waals surface area contributed by atoms with Crippen LogP contribution in [0, 0.1) is 49.4 Å². The summed E-state index contributed by atoms with van der Waals surface area (Å²) < 4.78 is 5.36. The second kappa shape index (κ2) is 7.49. The van der Waals surface area contributed by atoms with E-state index in [0.29, 0.717) is 17.4 Å². The number of Topliss-reactive ketones (excluding diaryl/α,β-unsaturated/α-hetero) is 1. The zero-order chi connectivity index (χ0) is 23.7. The van der Waals surface area contributed by atoms with Gasteiger partial charge in [-0.25, -0.2) is 9.69 Å². The molecule has 6 atom stereocenters. The molecule has 3 fully saturated rings. The van der Waals surface area contributed by atoms with Gasteiger partial charge in [-0.3, -0.25) is 14.4 Å². The highest BCUT2D eigenvalue weighted by Gasteiger charge is 2.67. The molecule has 172 valence electrons. The Morgan fingerprint density at radius 3 is 2.24 bits per heavy atom. The first-order chi connectivity index (χ1) is 16.4. The smallest absolute Gasteiger partial charge is 0.340 e. The van der Waals surface area contributed by atoms with Gasteiger partial charge in [-0.2, -0.15) is 0 Å². The highest BCUT2D eigenvalue weighted by Crippen LogP contribution is 2.65. The average molecular weight is 456 g/mol. The highest BCUT2D eigenvalue weighted by molar-refractivity contribution is 6.24. The van der Waals surface area contributed by atoms with E-state index in [9.17, 15) is 19.2 Å². The lowest BCUT2D eigenvalue weighted by Gasteiger charge is -2.37. The summed E-state index contributed by atoms with van der Waals surface area (Å²) in [5.74, 6) is -0.956. The molecule has 2 aromatic rings. The summed E-state index contributed by atoms with van der Waals surface area (Å²) in [6.07, 6.45) is 5.33. The summed E-state index contributed by atoms with van der Waals surface area (Å²) in [5.41, 5.74) is 2.62. The van der Waals surface area contributed by atoms with E-state index in [-0.39, 0.29) is 52.5 Å². The number of nitrogens with zero attached hydrogens (tertiary/aromatic N) is 1. The molecule has 0 spiro atoms. The molecule has 0 unspecified atom stereocenters. The average Bonchev–Trinajstić information content (AvgIpc) is 3.62. The van der Waals surface area contributed by atoms with Crippen molar-refractivity contribution in [3.8, 4) is 0 Å². The minimum absolute atomic E-state index is 0.107. The number of benzene rings is 2. The van der Waals surface area contributed by atoms with E-state index in [4.69, 9.17) is 4.74 Å². The van der Waals surface area contributed by atoms with Crippen molar-refractivity contribution in [2.75, 3.05) is 11.5 Å². The Labute approximate surface area is 197 Å². The van der Waals surface area contributed by atoms with Crippen LogP contribution in [0.2, 0.25) is 0 Å². The second-order valence-corrected chi connectivity index (χ2v) is 10.0. The first-order valence-electron chi connectivity index (χ1n) is 11.8. The number of ether oxygens (including phenoxy) is 1. The van der Waals surface area contributed by atoms with Crippen LogP contribution < -0.4 is 4.90 Å². The summed E-state index contributed by atoms with van der Waals surface area (Å²) >= 11 is 0. The third-order valence-electron chi connectivity index (χ3n) is 8.06. The number of anilines is 1. The van der Waals surface area contributed by atoms with Gasteiger partial charge in [0.2, 0.25) is 17.6 Å². The molecule has 6 nitrogen and oxygen atoms in total. The molecule has 1 aliphatic heterocycles.